The molecule has 2 N–H and O–H groups in total. The topological polar surface area (TPSA) is 41.5 Å². The van der Waals surface area contributed by atoms with Crippen molar-refractivity contribution < 1.29 is 9.84 Å². The van der Waals surface area contributed by atoms with Crippen molar-refractivity contribution in [1.29, 1.82) is 0 Å². The van der Waals surface area contributed by atoms with Crippen LogP contribution in [0.25, 0.3) is 0 Å². The van der Waals surface area contributed by atoms with E-state index in [0.717, 1.165) is 5.69 Å². The van der Waals surface area contributed by atoms with Gasteiger partial charge in [0.15, 0.2) is 0 Å². The fourth-order valence-electron chi connectivity index (χ4n) is 2.42. The normalized spacial score (nSPS) is 15.6. The highest BCUT2D eigenvalue weighted by molar-refractivity contribution is 5.50. The Balaban J connectivity index is 1.73. The average molecular weight is 263 g/mol. The summed E-state index contributed by atoms with van der Waals surface area (Å²) in [5.41, 5.74) is 4.03. The summed E-state index contributed by atoms with van der Waals surface area (Å²) in [6.45, 7) is 5.85. The summed E-state index contributed by atoms with van der Waals surface area (Å²) in [6.07, 6.45) is 3.21. The van der Waals surface area contributed by atoms with Gasteiger partial charge in [0.1, 0.15) is 0 Å². The Bertz CT molecular complexity index is 404. The zero-order valence-electron chi connectivity index (χ0n) is 12.0. The van der Waals surface area contributed by atoms with Crippen LogP contribution in [0.1, 0.15) is 31.4 Å². The van der Waals surface area contributed by atoms with E-state index in [1.807, 2.05) is 0 Å². The predicted octanol–water partition coefficient (Wildman–Crippen LogP) is 2.62. The molecule has 1 aromatic carbocycles. The lowest BCUT2D eigenvalue weighted by Crippen LogP contribution is -2.25. The van der Waals surface area contributed by atoms with Gasteiger partial charge in [0.05, 0.1) is 12.7 Å². The van der Waals surface area contributed by atoms with Gasteiger partial charge in [-0.1, -0.05) is 19.9 Å². The Morgan fingerprint density at radius 2 is 2.00 bits per heavy atom. The van der Waals surface area contributed by atoms with Crippen molar-refractivity contribution in [3.05, 3.63) is 29.3 Å². The second-order valence-electron chi connectivity index (χ2n) is 5.80. The maximum Gasteiger partial charge on any atom is 0.0945 e. The fourth-order valence-corrected chi connectivity index (χ4v) is 2.42. The monoisotopic (exact) mass is 263 g/mol. The number of aryl methyl sites for hydroxylation is 2. The minimum atomic E-state index is -0.452. The van der Waals surface area contributed by atoms with Crippen LogP contribution in [-0.4, -0.2) is 31.0 Å². The molecule has 0 aliphatic heterocycles. The molecule has 0 saturated carbocycles. The summed E-state index contributed by atoms with van der Waals surface area (Å²) in [5.74, 6) is 0.511. The highest BCUT2D eigenvalue weighted by atomic mass is 16.5. The van der Waals surface area contributed by atoms with Gasteiger partial charge in [-0.3, -0.25) is 0 Å². The molecular weight excluding hydrogens is 238 g/mol. The van der Waals surface area contributed by atoms with E-state index in [-0.39, 0.29) is 0 Å². The van der Waals surface area contributed by atoms with Crippen molar-refractivity contribution in [2.45, 2.75) is 39.2 Å². The summed E-state index contributed by atoms with van der Waals surface area (Å²) in [4.78, 5) is 0. The lowest BCUT2D eigenvalue weighted by molar-refractivity contribution is 0.0318. The first-order valence-electron chi connectivity index (χ1n) is 7.26. The second-order valence-corrected chi connectivity index (χ2v) is 5.80. The Morgan fingerprint density at radius 3 is 2.79 bits per heavy atom. The van der Waals surface area contributed by atoms with Crippen LogP contribution in [-0.2, 0) is 17.6 Å². The molecular formula is C16H25NO2. The maximum absolute atomic E-state index is 9.83. The molecule has 3 nitrogen and oxygen atoms in total. The molecule has 106 valence electrons. The van der Waals surface area contributed by atoms with E-state index in [4.69, 9.17) is 4.74 Å². The van der Waals surface area contributed by atoms with Gasteiger partial charge in [0.25, 0.3) is 0 Å². The minimum Gasteiger partial charge on any atom is -0.389 e. The van der Waals surface area contributed by atoms with E-state index in [9.17, 15) is 5.11 Å². The van der Waals surface area contributed by atoms with Gasteiger partial charge >= 0.3 is 0 Å². The van der Waals surface area contributed by atoms with Crippen molar-refractivity contribution in [2.75, 3.05) is 25.1 Å². The third kappa shape index (κ3) is 4.51. The summed E-state index contributed by atoms with van der Waals surface area (Å²) in [5, 5.41) is 13.1. The van der Waals surface area contributed by atoms with Crippen LogP contribution in [0, 0.1) is 5.92 Å². The lowest BCUT2D eigenvalue weighted by atomic mass is 10.1. The van der Waals surface area contributed by atoms with Gasteiger partial charge in [0.2, 0.25) is 0 Å². The van der Waals surface area contributed by atoms with Crippen LogP contribution in [0.4, 0.5) is 5.69 Å². The molecule has 0 radical (unpaired) electrons. The van der Waals surface area contributed by atoms with Gasteiger partial charge in [-0.05, 0) is 48.4 Å². The summed E-state index contributed by atoms with van der Waals surface area (Å²) in [7, 11) is 0. The Labute approximate surface area is 116 Å². The average Bonchev–Trinajstić information content (AvgIpc) is 2.83. The second kappa shape index (κ2) is 6.92. The molecule has 0 bridgehead atoms. The number of rotatable bonds is 7. The molecule has 1 unspecified atom stereocenters. The highest BCUT2D eigenvalue weighted by Crippen LogP contribution is 2.24. The molecule has 0 saturated heterocycles. The number of hydrogen-bond donors (Lipinski definition) is 2. The Hall–Kier alpha value is -1.06. The maximum atomic E-state index is 9.83. The zero-order valence-corrected chi connectivity index (χ0v) is 12.0. The molecule has 1 aliphatic carbocycles. The number of aliphatic hydroxyl groups is 1. The summed E-state index contributed by atoms with van der Waals surface area (Å²) >= 11 is 0. The minimum absolute atomic E-state index is 0.399. The lowest BCUT2D eigenvalue weighted by Gasteiger charge is -2.14. The summed E-state index contributed by atoms with van der Waals surface area (Å²) < 4.78 is 5.43. The van der Waals surface area contributed by atoms with Crippen molar-refractivity contribution in [3.8, 4) is 0 Å². The van der Waals surface area contributed by atoms with Crippen LogP contribution in [0.5, 0.6) is 0 Å². The number of benzene rings is 1. The van der Waals surface area contributed by atoms with E-state index in [1.54, 1.807) is 0 Å². The first-order chi connectivity index (χ1) is 9.15. The van der Waals surface area contributed by atoms with Gasteiger partial charge in [-0.25, -0.2) is 0 Å². The molecule has 3 heteroatoms. The molecule has 1 aliphatic rings. The molecule has 0 spiro atoms. The van der Waals surface area contributed by atoms with Crippen molar-refractivity contribution >= 4 is 5.69 Å². The van der Waals surface area contributed by atoms with Crippen molar-refractivity contribution in [3.63, 3.8) is 0 Å². The van der Waals surface area contributed by atoms with Gasteiger partial charge in [-0.15, -0.1) is 0 Å². The molecule has 2 rings (SSSR count). The fraction of sp³-hybridized carbons (Fsp3) is 0.625. The molecule has 19 heavy (non-hydrogen) atoms. The number of ether oxygens (including phenoxy) is 1. The number of aliphatic hydroxyl groups excluding tert-OH is 1. The van der Waals surface area contributed by atoms with E-state index in [2.05, 4.69) is 37.4 Å². The van der Waals surface area contributed by atoms with Gasteiger partial charge in [0, 0.05) is 18.8 Å². The zero-order chi connectivity index (χ0) is 13.7. The first-order valence-corrected chi connectivity index (χ1v) is 7.26. The predicted molar refractivity (Wildman–Crippen MR) is 78.6 cm³/mol. The Kier molecular flexibility index (Phi) is 5.23. The first kappa shape index (κ1) is 14.4. The van der Waals surface area contributed by atoms with E-state index in [1.165, 1.54) is 30.4 Å². The molecule has 0 fully saturated rings. The number of anilines is 1. The third-order valence-corrected chi connectivity index (χ3v) is 3.40. The molecule has 1 atom stereocenters. The number of fused-ring (bicyclic) bond motifs is 1. The molecule has 0 heterocycles. The molecule has 1 aromatic rings. The van der Waals surface area contributed by atoms with E-state index in [0.29, 0.717) is 25.7 Å². The van der Waals surface area contributed by atoms with Crippen molar-refractivity contribution in [1.82, 2.24) is 0 Å². The SMILES string of the molecule is CC(C)COCC(O)CNc1ccc2c(c1)CCC2. The quantitative estimate of drug-likeness (QED) is 0.794. The van der Waals surface area contributed by atoms with Crippen LogP contribution < -0.4 is 5.32 Å². The molecule has 0 aromatic heterocycles. The van der Waals surface area contributed by atoms with Crippen molar-refractivity contribution in [2.24, 2.45) is 5.92 Å². The van der Waals surface area contributed by atoms with Crippen LogP contribution in [0.3, 0.4) is 0 Å². The van der Waals surface area contributed by atoms with E-state index < -0.39 is 6.10 Å². The third-order valence-electron chi connectivity index (χ3n) is 3.40. The van der Waals surface area contributed by atoms with Crippen LogP contribution >= 0.6 is 0 Å². The van der Waals surface area contributed by atoms with E-state index >= 15 is 0 Å². The molecule has 0 amide bonds. The standard InChI is InChI=1S/C16H25NO2/c1-12(2)10-19-11-16(18)9-17-15-7-6-13-4-3-5-14(13)8-15/h6-8,12,16-18H,3-5,9-11H2,1-2H3. The summed E-state index contributed by atoms with van der Waals surface area (Å²) in [6, 6.07) is 6.52. The van der Waals surface area contributed by atoms with Gasteiger partial charge in [-0.2, -0.15) is 0 Å². The Morgan fingerprint density at radius 1 is 1.21 bits per heavy atom. The number of nitrogens with one attached hydrogen (secondary N) is 1. The number of hydrogen-bond acceptors (Lipinski definition) is 3. The van der Waals surface area contributed by atoms with Gasteiger partial charge < -0.3 is 15.2 Å². The van der Waals surface area contributed by atoms with Crippen LogP contribution in [0.2, 0.25) is 0 Å². The smallest absolute Gasteiger partial charge is 0.0945 e. The van der Waals surface area contributed by atoms with Crippen LogP contribution in [0.15, 0.2) is 18.2 Å². The highest BCUT2D eigenvalue weighted by Gasteiger charge is 2.11. The largest absolute Gasteiger partial charge is 0.389 e.